The van der Waals surface area contributed by atoms with Crippen molar-refractivity contribution in [2.75, 3.05) is 0 Å². The number of carbonyl (C=O) groups excluding carboxylic acids is 2. The maximum atomic E-state index is 11.8. The van der Waals surface area contributed by atoms with Crippen molar-refractivity contribution in [2.45, 2.75) is 96.0 Å². The third-order valence-corrected chi connectivity index (χ3v) is 7.94. The Bertz CT molecular complexity index is 1010. The van der Waals surface area contributed by atoms with Gasteiger partial charge in [-0.05, 0) is 54.7 Å². The summed E-state index contributed by atoms with van der Waals surface area (Å²) in [5, 5.41) is 1.93. The van der Waals surface area contributed by atoms with E-state index in [0.717, 1.165) is 73.7 Å². The van der Waals surface area contributed by atoms with Gasteiger partial charge in [0.25, 0.3) is 5.24 Å². The van der Waals surface area contributed by atoms with Crippen LogP contribution in [0.3, 0.4) is 0 Å². The molecule has 1 aromatic carbocycles. The van der Waals surface area contributed by atoms with E-state index < -0.39 is 0 Å². The van der Waals surface area contributed by atoms with E-state index in [1.165, 1.54) is 5.56 Å². The molecule has 2 heterocycles. The summed E-state index contributed by atoms with van der Waals surface area (Å²) in [5.74, 6) is 1.93. The fourth-order valence-corrected chi connectivity index (χ4v) is 5.67. The van der Waals surface area contributed by atoms with Gasteiger partial charge in [0.05, 0.1) is 18.0 Å². The number of imide groups is 1. The summed E-state index contributed by atoms with van der Waals surface area (Å²) >= 11 is 1.13. The van der Waals surface area contributed by atoms with E-state index in [4.69, 9.17) is 14.1 Å². The molecule has 1 aliphatic carbocycles. The maximum absolute atomic E-state index is 11.8. The van der Waals surface area contributed by atoms with Crippen LogP contribution in [-0.2, 0) is 28.0 Å². The zero-order valence-corrected chi connectivity index (χ0v) is 21.5. The molecule has 7 heteroatoms. The van der Waals surface area contributed by atoms with Crippen LogP contribution in [0.5, 0.6) is 0 Å². The highest BCUT2D eigenvalue weighted by atomic mass is 32.2. The minimum absolute atomic E-state index is 0.111. The van der Waals surface area contributed by atoms with Gasteiger partial charge in [0.2, 0.25) is 11.8 Å². The first-order valence-electron chi connectivity index (χ1n) is 12.5. The van der Waals surface area contributed by atoms with Crippen molar-refractivity contribution < 1.29 is 18.7 Å². The number of benzene rings is 1. The molecule has 6 nitrogen and oxygen atoms in total. The summed E-state index contributed by atoms with van der Waals surface area (Å²) < 4.78 is 12.4. The van der Waals surface area contributed by atoms with Crippen LogP contribution in [-0.4, -0.2) is 27.5 Å². The Kier molecular flexibility index (Phi) is 7.83. The van der Waals surface area contributed by atoms with E-state index in [0.29, 0.717) is 18.4 Å². The second-order valence-corrected chi connectivity index (χ2v) is 11.7. The van der Waals surface area contributed by atoms with E-state index in [1.807, 2.05) is 0 Å². The number of thioether (sulfide) groups is 1. The van der Waals surface area contributed by atoms with Gasteiger partial charge in [-0.2, -0.15) is 0 Å². The molecule has 2 amide bonds. The normalized spacial score (nSPS) is 23.4. The summed E-state index contributed by atoms with van der Waals surface area (Å²) in [6, 6.07) is 8.46. The molecule has 34 heavy (non-hydrogen) atoms. The zero-order valence-electron chi connectivity index (χ0n) is 20.7. The van der Waals surface area contributed by atoms with Gasteiger partial charge in [-0.3, -0.25) is 14.9 Å². The Labute approximate surface area is 206 Å². The molecule has 1 saturated heterocycles. The van der Waals surface area contributed by atoms with E-state index in [9.17, 15) is 9.59 Å². The standard InChI is InChI=1S/C27H36N2O4S/c1-5-22-21(28-25(33-22)18-10-12-19(13-11-18)27(2,3)4)16-32-20-8-6-7-17(15-20)9-14-23-24(30)29-26(31)34-23/h10-13,17,20,23H,5-9,14-16H2,1-4H3,(H,29,30,31). The number of aryl methyl sites for hydroxylation is 1. The Balaban J connectivity index is 1.32. The van der Waals surface area contributed by atoms with Crippen LogP contribution in [0, 0.1) is 5.92 Å². The minimum atomic E-state index is -0.230. The smallest absolute Gasteiger partial charge is 0.286 e. The molecule has 3 unspecified atom stereocenters. The van der Waals surface area contributed by atoms with Gasteiger partial charge in [0.15, 0.2) is 0 Å². The summed E-state index contributed by atoms with van der Waals surface area (Å²) in [6.07, 6.45) is 7.01. The van der Waals surface area contributed by atoms with Gasteiger partial charge in [-0.25, -0.2) is 4.98 Å². The predicted octanol–water partition coefficient (Wildman–Crippen LogP) is 6.41. The lowest BCUT2D eigenvalue weighted by molar-refractivity contribution is -0.119. The molecule has 1 N–H and O–H groups in total. The zero-order chi connectivity index (χ0) is 24.3. The molecular formula is C27H36N2O4S. The maximum Gasteiger partial charge on any atom is 0.286 e. The molecule has 184 valence electrons. The first-order valence-corrected chi connectivity index (χ1v) is 13.3. The third-order valence-electron chi connectivity index (χ3n) is 6.89. The van der Waals surface area contributed by atoms with Gasteiger partial charge < -0.3 is 9.15 Å². The van der Waals surface area contributed by atoms with Crippen molar-refractivity contribution in [3.63, 3.8) is 0 Å². The number of oxazole rings is 1. The lowest BCUT2D eigenvalue weighted by atomic mass is 9.84. The van der Waals surface area contributed by atoms with Crippen LogP contribution in [0.2, 0.25) is 0 Å². The fourth-order valence-electron chi connectivity index (χ4n) is 4.83. The number of amides is 2. The van der Waals surface area contributed by atoms with Crippen LogP contribution < -0.4 is 5.32 Å². The number of nitrogens with zero attached hydrogens (tertiary/aromatic N) is 1. The van der Waals surface area contributed by atoms with Crippen molar-refractivity contribution in [1.29, 1.82) is 0 Å². The molecule has 2 aliphatic rings. The van der Waals surface area contributed by atoms with Gasteiger partial charge in [0.1, 0.15) is 11.5 Å². The lowest BCUT2D eigenvalue weighted by Crippen LogP contribution is -2.26. The Hall–Kier alpha value is -2.12. The number of hydrogen-bond acceptors (Lipinski definition) is 6. The Morgan fingerprint density at radius 3 is 2.56 bits per heavy atom. The molecule has 1 aromatic heterocycles. The van der Waals surface area contributed by atoms with E-state index in [1.54, 1.807) is 0 Å². The van der Waals surface area contributed by atoms with Gasteiger partial charge in [0, 0.05) is 12.0 Å². The molecule has 2 fully saturated rings. The number of hydrogen-bond donors (Lipinski definition) is 1. The van der Waals surface area contributed by atoms with Crippen LogP contribution in [0.1, 0.15) is 83.2 Å². The number of nitrogens with one attached hydrogen (secondary N) is 1. The van der Waals surface area contributed by atoms with Crippen molar-refractivity contribution in [3.05, 3.63) is 41.3 Å². The number of carbonyl (C=O) groups is 2. The van der Waals surface area contributed by atoms with E-state index in [2.05, 4.69) is 57.3 Å². The summed E-state index contributed by atoms with van der Waals surface area (Å²) in [5.41, 5.74) is 3.27. The SMILES string of the molecule is CCc1oc(-c2ccc(C(C)(C)C)cc2)nc1COC1CCCC(CCC2SC(=O)NC2=O)C1. The highest BCUT2D eigenvalue weighted by molar-refractivity contribution is 8.15. The van der Waals surface area contributed by atoms with Crippen LogP contribution >= 0.6 is 11.8 Å². The van der Waals surface area contributed by atoms with Crippen LogP contribution in [0.4, 0.5) is 4.79 Å². The largest absolute Gasteiger partial charge is 0.441 e. The van der Waals surface area contributed by atoms with Crippen molar-refractivity contribution in [3.8, 4) is 11.5 Å². The topological polar surface area (TPSA) is 81.4 Å². The average Bonchev–Trinajstić information content (AvgIpc) is 3.37. The summed E-state index contributed by atoms with van der Waals surface area (Å²) in [6.45, 7) is 9.16. The molecular weight excluding hydrogens is 448 g/mol. The molecule has 0 spiro atoms. The first kappa shape index (κ1) is 25.0. The van der Waals surface area contributed by atoms with Gasteiger partial charge in [-0.15, -0.1) is 0 Å². The molecule has 3 atom stereocenters. The highest BCUT2D eigenvalue weighted by Gasteiger charge is 2.32. The monoisotopic (exact) mass is 484 g/mol. The molecule has 1 saturated carbocycles. The minimum Gasteiger partial charge on any atom is -0.441 e. The number of rotatable bonds is 8. The third kappa shape index (κ3) is 6.11. The summed E-state index contributed by atoms with van der Waals surface area (Å²) in [4.78, 5) is 28.0. The van der Waals surface area contributed by atoms with E-state index in [-0.39, 0.29) is 27.9 Å². The van der Waals surface area contributed by atoms with Crippen LogP contribution in [0.25, 0.3) is 11.5 Å². The van der Waals surface area contributed by atoms with Crippen molar-refractivity contribution in [2.24, 2.45) is 5.92 Å². The van der Waals surface area contributed by atoms with Crippen molar-refractivity contribution in [1.82, 2.24) is 10.3 Å². The van der Waals surface area contributed by atoms with Gasteiger partial charge in [-0.1, -0.05) is 64.4 Å². The number of aromatic nitrogens is 1. The van der Waals surface area contributed by atoms with E-state index >= 15 is 0 Å². The number of ether oxygens (including phenoxy) is 1. The molecule has 2 aromatic rings. The van der Waals surface area contributed by atoms with Crippen molar-refractivity contribution >= 4 is 22.9 Å². The quantitative estimate of drug-likeness (QED) is 0.466. The highest BCUT2D eigenvalue weighted by Crippen LogP contribution is 2.34. The average molecular weight is 485 g/mol. The summed E-state index contributed by atoms with van der Waals surface area (Å²) in [7, 11) is 0. The molecule has 1 aliphatic heterocycles. The molecule has 4 rings (SSSR count). The molecule has 0 radical (unpaired) electrons. The van der Waals surface area contributed by atoms with Gasteiger partial charge >= 0.3 is 0 Å². The Morgan fingerprint density at radius 1 is 1.15 bits per heavy atom. The second-order valence-electron chi connectivity index (χ2n) is 10.5. The second kappa shape index (κ2) is 10.6. The molecule has 0 bridgehead atoms. The van der Waals surface area contributed by atoms with Crippen LogP contribution in [0.15, 0.2) is 28.7 Å². The Morgan fingerprint density at radius 2 is 1.91 bits per heavy atom. The predicted molar refractivity (Wildman–Crippen MR) is 135 cm³/mol. The fraction of sp³-hybridized carbons (Fsp3) is 0.593. The lowest BCUT2D eigenvalue weighted by Gasteiger charge is -2.29. The first-order chi connectivity index (χ1) is 16.2.